The van der Waals surface area contributed by atoms with Crippen molar-refractivity contribution < 1.29 is 91.3 Å². The van der Waals surface area contributed by atoms with Crippen LogP contribution in [0.1, 0.15) is 177 Å². The zero-order chi connectivity index (χ0) is 96.5. The van der Waals surface area contributed by atoms with Crippen molar-refractivity contribution in [3.05, 3.63) is 131 Å². The van der Waals surface area contributed by atoms with Crippen LogP contribution in [-0.2, 0) is 94.2 Å². The number of carboxylic acid groups (broad SMARTS) is 1. The number of ether oxygens (including phenoxy) is 2. The fourth-order valence-electron chi connectivity index (χ4n) is 15.7. The lowest BCUT2D eigenvalue weighted by Gasteiger charge is -2.36. The summed E-state index contributed by atoms with van der Waals surface area (Å²) in [5.74, 6) is -12.0. The van der Waals surface area contributed by atoms with E-state index in [0.29, 0.717) is 17.5 Å². The highest BCUT2D eigenvalue weighted by atomic mass is 16.6. The van der Waals surface area contributed by atoms with E-state index >= 15 is 9.59 Å². The number of nitrogens with one attached hydrogen (secondary N) is 7. The molecule has 34 heteroatoms. The number of hydrogen-bond donors (Lipinski definition) is 8. The molecule has 129 heavy (non-hydrogen) atoms. The summed E-state index contributed by atoms with van der Waals surface area (Å²) in [5.41, 5.74) is 4.69. The van der Waals surface area contributed by atoms with Gasteiger partial charge in [0.05, 0.1) is 18.8 Å². The van der Waals surface area contributed by atoms with E-state index in [2.05, 4.69) is 37.2 Å². The lowest BCUT2D eigenvalue weighted by molar-refractivity contribution is -0.150. The first kappa shape index (κ1) is 106. The SMILES string of the molecule is CC(C)C[C@H](NC(=O)[C@H](C)N(C)C(=O)OCC1c2ccccc2-c2ccccc21)C(=O)N(C)[C@@H](CC(C)C)C(=O)N[C@@H](C)C(=O)N(C)[C@@H](Cc1ccccc1)C(=O)NCC(=O)N(C)[C@@H](C)C(=O)N[C@@H](CC(C)C)C(=O)N(C)[C@@H](Cc1ccccc1)C(=O)N1CCC[C@H]1C(=O)N[C@@H](C)C(=O)N(C)[C@@H](CC(C)C)C(=O)N(C)[C@@H](C)C(=O)N[C@@H](COC(C)(C)C)C(=O)NCC(=O)O. The average molecular weight is 1800 g/mol. The van der Waals surface area contributed by atoms with E-state index in [1.54, 1.807) is 81.4 Å². The van der Waals surface area contributed by atoms with Crippen LogP contribution >= 0.6 is 0 Å². The normalized spacial score (nSPS) is 15.8. The second-order valence-corrected chi connectivity index (χ2v) is 36.7. The molecule has 708 valence electrons. The van der Waals surface area contributed by atoms with Crippen LogP contribution in [0.15, 0.2) is 109 Å². The smallest absolute Gasteiger partial charge is 0.410 e. The highest BCUT2D eigenvalue weighted by molar-refractivity contribution is 6.00. The van der Waals surface area contributed by atoms with E-state index in [1.807, 2.05) is 104 Å². The van der Waals surface area contributed by atoms with Gasteiger partial charge in [-0.15, -0.1) is 0 Å². The number of amides is 15. The first-order chi connectivity index (χ1) is 60.5. The Balaban J connectivity index is 1.10. The number of carbonyl (C=O) groups excluding carboxylic acids is 15. The number of carboxylic acids is 1. The molecule has 1 saturated heterocycles. The molecule has 0 saturated carbocycles. The molecule has 2 aliphatic rings. The van der Waals surface area contributed by atoms with Crippen LogP contribution in [0.4, 0.5) is 4.79 Å². The van der Waals surface area contributed by atoms with E-state index in [1.165, 1.54) is 104 Å². The summed E-state index contributed by atoms with van der Waals surface area (Å²) in [4.78, 5) is 237. The fraction of sp³-hybridized carbons (Fsp3) is 0.579. The van der Waals surface area contributed by atoms with Gasteiger partial charge >= 0.3 is 12.1 Å². The van der Waals surface area contributed by atoms with Crippen LogP contribution in [-0.4, -0.2) is 305 Å². The number of fused-ring (bicyclic) bond motifs is 3. The van der Waals surface area contributed by atoms with E-state index < -0.39 is 192 Å². The molecule has 1 heterocycles. The van der Waals surface area contributed by atoms with E-state index in [9.17, 15) is 72.2 Å². The molecule has 1 aliphatic heterocycles. The number of aliphatic carboxylic acids is 1. The quantitative estimate of drug-likeness (QED) is 0.0270. The minimum Gasteiger partial charge on any atom is -0.480 e. The summed E-state index contributed by atoms with van der Waals surface area (Å²) in [5, 5.41) is 27.8. The van der Waals surface area contributed by atoms with Gasteiger partial charge in [0.15, 0.2) is 0 Å². The lowest BCUT2D eigenvalue weighted by atomic mass is 9.98. The summed E-state index contributed by atoms with van der Waals surface area (Å²) in [6.07, 6.45) is 0.195. The van der Waals surface area contributed by atoms with Gasteiger partial charge < -0.3 is 86.1 Å². The number of likely N-dealkylation sites (N-methyl/N-ethyl adjacent to an activating group) is 7. The molecule has 34 nitrogen and oxygen atoms in total. The van der Waals surface area contributed by atoms with Crippen LogP contribution in [0, 0.1) is 23.7 Å². The molecule has 6 rings (SSSR count). The van der Waals surface area contributed by atoms with Crippen LogP contribution in [0.5, 0.6) is 0 Å². The van der Waals surface area contributed by atoms with Gasteiger partial charge in [0.2, 0.25) is 82.7 Å². The van der Waals surface area contributed by atoms with Crippen molar-refractivity contribution in [2.75, 3.05) is 82.2 Å². The Morgan fingerprint density at radius 2 is 0.829 bits per heavy atom. The molecular weight excluding hydrogens is 1660 g/mol. The molecule has 4 aromatic rings. The Labute approximate surface area is 759 Å². The molecule has 0 radical (unpaired) electrons. The molecular formula is C95H139N15O19. The van der Waals surface area contributed by atoms with Gasteiger partial charge in [0.1, 0.15) is 91.7 Å². The average Bonchev–Trinajstić information content (AvgIpc) is 1.61. The number of nitrogens with zero attached hydrogens (tertiary/aromatic N) is 8. The standard InChI is InChI=1S/C95H139N15O19/c1-55(2)45-71(101-83(116)63(13)105(19)94(127)128-53-70-68-41-32-30-39-66(68)67-40-31-33-42-69(67)70)90(123)107(21)75(47-57(5)6)87(120)99-59(9)88(121)106(20)76(49-64-35-26-24-27-36-64)85(118)96-51-79(111)103(17)61(11)81(114)100-72(46-56(3)4)91(124)109(23)78(50-65-37-28-25-29-38-65)93(126)110-44-34-43-74(110)86(119)98-60(10)89(122)108(22)77(48-58(7)8)92(125)104(18)62(12)82(115)102-73(54-129-95(14,15)16)84(117)97-52-80(112)113/h24-33,35-42,55-63,70-78H,34,43-54H2,1-23H3,(H,96,118)(H,97,117)(H,98,119)(H,99,120)(H,100,114)(H,101,116)(H,102,115)(H,112,113)/t59-,60-,61-,62-,63-,71-,72-,73-,74-,75-,76-,77-,78-/m0/s1. The topological polar surface area (TPSA) is 422 Å². The number of carbonyl (C=O) groups is 16. The summed E-state index contributed by atoms with van der Waals surface area (Å²) >= 11 is 0. The van der Waals surface area contributed by atoms with Gasteiger partial charge in [-0.05, 0) is 151 Å². The number of hydrogen-bond acceptors (Lipinski definition) is 18. The predicted octanol–water partition coefficient (Wildman–Crippen LogP) is 5.51. The van der Waals surface area contributed by atoms with Gasteiger partial charge in [0.25, 0.3) is 0 Å². The van der Waals surface area contributed by atoms with Crippen LogP contribution in [0.25, 0.3) is 11.1 Å². The monoisotopic (exact) mass is 1790 g/mol. The van der Waals surface area contributed by atoms with Crippen molar-refractivity contribution in [1.29, 1.82) is 0 Å². The minimum atomic E-state index is -1.34. The molecule has 0 bridgehead atoms. The second-order valence-electron chi connectivity index (χ2n) is 36.7. The molecule has 0 spiro atoms. The first-order valence-corrected chi connectivity index (χ1v) is 44.5. The predicted molar refractivity (Wildman–Crippen MR) is 486 cm³/mol. The molecule has 15 amide bonds. The fourth-order valence-corrected chi connectivity index (χ4v) is 15.7. The summed E-state index contributed by atoms with van der Waals surface area (Å²) in [7, 11) is 9.78. The van der Waals surface area contributed by atoms with E-state index in [4.69, 9.17) is 9.47 Å². The highest BCUT2D eigenvalue weighted by Crippen LogP contribution is 2.45. The van der Waals surface area contributed by atoms with Gasteiger partial charge in [-0.1, -0.05) is 165 Å². The van der Waals surface area contributed by atoms with Crippen molar-refractivity contribution in [3.8, 4) is 11.1 Å². The third-order valence-electron chi connectivity index (χ3n) is 23.7. The Bertz CT molecular complexity index is 4530. The van der Waals surface area contributed by atoms with Crippen molar-refractivity contribution in [3.63, 3.8) is 0 Å². The van der Waals surface area contributed by atoms with Crippen LogP contribution < -0.4 is 37.2 Å². The third-order valence-corrected chi connectivity index (χ3v) is 23.7. The molecule has 13 atom stereocenters. The minimum absolute atomic E-state index is 0.0207. The number of rotatable bonds is 45. The molecule has 0 aromatic heterocycles. The van der Waals surface area contributed by atoms with Crippen LogP contribution in [0.2, 0.25) is 0 Å². The van der Waals surface area contributed by atoms with Gasteiger partial charge in [-0.25, -0.2) is 4.79 Å². The zero-order valence-corrected chi connectivity index (χ0v) is 79.4. The molecule has 0 unspecified atom stereocenters. The molecule has 1 aliphatic carbocycles. The van der Waals surface area contributed by atoms with Crippen molar-refractivity contribution in [1.82, 2.24) is 76.4 Å². The first-order valence-electron chi connectivity index (χ1n) is 44.5. The Hall–Kier alpha value is -11.8. The highest BCUT2D eigenvalue weighted by Gasteiger charge is 2.45. The molecule has 4 aromatic carbocycles. The van der Waals surface area contributed by atoms with Gasteiger partial charge in [0, 0.05) is 74.6 Å². The summed E-state index contributed by atoms with van der Waals surface area (Å²) in [6.45, 7) is 25.6. The Morgan fingerprint density at radius 1 is 0.419 bits per heavy atom. The summed E-state index contributed by atoms with van der Waals surface area (Å²) in [6, 6.07) is 17.5. The molecule has 8 N–H and O–H groups in total. The number of benzene rings is 4. The van der Waals surface area contributed by atoms with Crippen LogP contribution in [0.3, 0.4) is 0 Å². The maximum absolute atomic E-state index is 15.3. The Kier molecular flexibility index (Phi) is 39.9. The zero-order valence-electron chi connectivity index (χ0n) is 79.4. The summed E-state index contributed by atoms with van der Waals surface area (Å²) < 4.78 is 11.6. The molecule has 1 fully saturated rings. The second kappa shape index (κ2) is 48.5. The van der Waals surface area contributed by atoms with Crippen molar-refractivity contribution in [2.45, 2.75) is 252 Å². The van der Waals surface area contributed by atoms with Gasteiger partial charge in [-0.2, -0.15) is 0 Å². The third kappa shape index (κ3) is 29.9. The maximum Gasteiger partial charge on any atom is 0.410 e. The van der Waals surface area contributed by atoms with E-state index in [-0.39, 0.29) is 94.3 Å². The Morgan fingerprint density at radius 3 is 1.31 bits per heavy atom. The van der Waals surface area contributed by atoms with E-state index in [0.717, 1.165) is 41.9 Å². The van der Waals surface area contributed by atoms with Crippen molar-refractivity contribution in [2.24, 2.45) is 23.7 Å². The van der Waals surface area contributed by atoms with Gasteiger partial charge in [-0.3, -0.25) is 76.8 Å². The lowest BCUT2D eigenvalue weighted by Crippen LogP contribution is -2.60. The van der Waals surface area contributed by atoms with Crippen molar-refractivity contribution >= 4 is 94.8 Å². The number of likely N-dealkylation sites (tertiary alicyclic amines) is 1. The maximum atomic E-state index is 15.3. The largest absolute Gasteiger partial charge is 0.480 e.